The lowest BCUT2D eigenvalue weighted by atomic mass is 10.1. The highest BCUT2D eigenvalue weighted by Gasteiger charge is 2.42. The summed E-state index contributed by atoms with van der Waals surface area (Å²) in [6.07, 6.45) is 2.85. The summed E-state index contributed by atoms with van der Waals surface area (Å²) >= 11 is 0. The van der Waals surface area contributed by atoms with Crippen LogP contribution in [0.15, 0.2) is 42.5 Å². The van der Waals surface area contributed by atoms with Gasteiger partial charge in [0.25, 0.3) is 0 Å². The molecule has 1 saturated heterocycles. The Bertz CT molecular complexity index is 747. The maximum absolute atomic E-state index is 14.4. The van der Waals surface area contributed by atoms with Crippen molar-refractivity contribution in [1.82, 2.24) is 5.32 Å². The van der Waals surface area contributed by atoms with Crippen LogP contribution in [0.1, 0.15) is 36.3 Å². The van der Waals surface area contributed by atoms with Gasteiger partial charge in [-0.25, -0.2) is 8.78 Å². The van der Waals surface area contributed by atoms with Gasteiger partial charge in [-0.1, -0.05) is 30.3 Å². The molecule has 2 aromatic rings. The summed E-state index contributed by atoms with van der Waals surface area (Å²) in [6, 6.07) is 12.6. The summed E-state index contributed by atoms with van der Waals surface area (Å²) in [6.45, 7) is 1.81. The monoisotopic (exact) mass is 359 g/mol. The first-order valence-corrected chi connectivity index (χ1v) is 9.20. The predicted molar refractivity (Wildman–Crippen MR) is 95.3 cm³/mol. The van der Waals surface area contributed by atoms with E-state index in [1.54, 1.807) is 0 Å². The maximum atomic E-state index is 14.4. The second kappa shape index (κ2) is 7.72. The first-order chi connectivity index (χ1) is 12.7. The molecule has 0 amide bonds. The molecule has 1 saturated carbocycles. The van der Waals surface area contributed by atoms with Gasteiger partial charge in [-0.2, -0.15) is 0 Å². The van der Waals surface area contributed by atoms with Crippen molar-refractivity contribution >= 4 is 0 Å². The second-order valence-electron chi connectivity index (χ2n) is 7.08. The van der Waals surface area contributed by atoms with E-state index in [9.17, 15) is 8.78 Å². The molecule has 1 heterocycles. The number of hydrogen-bond acceptors (Lipinski definition) is 3. The van der Waals surface area contributed by atoms with Crippen molar-refractivity contribution in [2.45, 2.75) is 43.9 Å². The molecule has 2 aliphatic rings. The summed E-state index contributed by atoms with van der Waals surface area (Å²) in [5.41, 5.74) is 1.58. The molecule has 0 aromatic heterocycles. The van der Waals surface area contributed by atoms with Crippen molar-refractivity contribution in [3.05, 3.63) is 65.2 Å². The molecule has 0 spiro atoms. The number of ether oxygens (including phenoxy) is 2. The van der Waals surface area contributed by atoms with Gasteiger partial charge in [-0.15, -0.1) is 0 Å². The van der Waals surface area contributed by atoms with Crippen molar-refractivity contribution in [1.29, 1.82) is 0 Å². The minimum atomic E-state index is -0.632. The Morgan fingerprint density at radius 1 is 1.08 bits per heavy atom. The SMILES string of the molecule is Fc1cc(F)c(OCc2ccccc2)c([C@@H]2C[C@H]2NC2CCOCC2)c1. The molecule has 5 heteroatoms. The Kier molecular flexibility index (Phi) is 5.18. The largest absolute Gasteiger partial charge is 0.486 e. The quantitative estimate of drug-likeness (QED) is 0.840. The fraction of sp³-hybridized carbons (Fsp3) is 0.429. The fourth-order valence-corrected chi connectivity index (χ4v) is 3.63. The third-order valence-electron chi connectivity index (χ3n) is 5.12. The Morgan fingerprint density at radius 3 is 2.62 bits per heavy atom. The van der Waals surface area contributed by atoms with E-state index in [0.29, 0.717) is 11.6 Å². The van der Waals surface area contributed by atoms with Crippen LogP contribution in [0.3, 0.4) is 0 Å². The van der Waals surface area contributed by atoms with Crippen molar-refractivity contribution in [2.75, 3.05) is 13.2 Å². The van der Waals surface area contributed by atoms with Crippen LogP contribution in [0.5, 0.6) is 5.75 Å². The molecule has 0 bridgehead atoms. The highest BCUT2D eigenvalue weighted by Crippen LogP contribution is 2.46. The van der Waals surface area contributed by atoms with E-state index in [-0.39, 0.29) is 24.3 Å². The molecule has 0 unspecified atom stereocenters. The number of benzene rings is 2. The lowest BCUT2D eigenvalue weighted by Crippen LogP contribution is -2.36. The van der Waals surface area contributed by atoms with Gasteiger partial charge in [0.2, 0.25) is 0 Å². The number of nitrogens with one attached hydrogen (secondary N) is 1. The number of halogens is 2. The molecule has 26 heavy (non-hydrogen) atoms. The molecule has 0 radical (unpaired) electrons. The summed E-state index contributed by atoms with van der Waals surface area (Å²) in [5, 5.41) is 3.60. The summed E-state index contributed by atoms with van der Waals surface area (Å²) in [5.74, 6) is -0.917. The maximum Gasteiger partial charge on any atom is 0.168 e. The normalized spacial score (nSPS) is 23.0. The van der Waals surface area contributed by atoms with Crippen LogP contribution in [-0.4, -0.2) is 25.3 Å². The first kappa shape index (κ1) is 17.4. The van der Waals surface area contributed by atoms with E-state index in [1.807, 2.05) is 30.3 Å². The summed E-state index contributed by atoms with van der Waals surface area (Å²) in [7, 11) is 0. The smallest absolute Gasteiger partial charge is 0.168 e. The lowest BCUT2D eigenvalue weighted by Gasteiger charge is -2.23. The van der Waals surface area contributed by atoms with Gasteiger partial charge in [0.15, 0.2) is 11.6 Å². The third kappa shape index (κ3) is 4.05. The zero-order chi connectivity index (χ0) is 17.9. The van der Waals surface area contributed by atoms with Gasteiger partial charge >= 0.3 is 0 Å². The van der Waals surface area contributed by atoms with Crippen molar-refractivity contribution in [3.8, 4) is 5.75 Å². The van der Waals surface area contributed by atoms with Gasteiger partial charge in [0.1, 0.15) is 12.4 Å². The molecule has 4 rings (SSSR count). The van der Waals surface area contributed by atoms with E-state index in [1.165, 1.54) is 6.07 Å². The van der Waals surface area contributed by atoms with Crippen molar-refractivity contribution in [2.24, 2.45) is 0 Å². The molecule has 1 aliphatic carbocycles. The van der Waals surface area contributed by atoms with Gasteiger partial charge in [0, 0.05) is 42.8 Å². The lowest BCUT2D eigenvalue weighted by molar-refractivity contribution is 0.0774. The standard InChI is InChI=1S/C21H23F2NO2/c22-15-10-18(17-12-20(17)24-16-6-8-25-9-7-16)21(19(23)11-15)26-13-14-4-2-1-3-5-14/h1-5,10-11,16-17,20,24H,6-9,12-13H2/t17-,20+/m0/s1. The van der Waals surface area contributed by atoms with Crippen LogP contribution in [0.25, 0.3) is 0 Å². The highest BCUT2D eigenvalue weighted by molar-refractivity contribution is 5.42. The predicted octanol–water partition coefficient (Wildman–Crippen LogP) is 4.17. The van der Waals surface area contributed by atoms with E-state index >= 15 is 0 Å². The average Bonchev–Trinajstić information content (AvgIpc) is 3.41. The number of rotatable bonds is 6. The van der Waals surface area contributed by atoms with Crippen LogP contribution < -0.4 is 10.1 Å². The molecular formula is C21H23F2NO2. The molecule has 1 N–H and O–H groups in total. The van der Waals surface area contributed by atoms with E-state index in [2.05, 4.69) is 5.32 Å². The Hall–Kier alpha value is -1.98. The third-order valence-corrected chi connectivity index (χ3v) is 5.12. The van der Waals surface area contributed by atoms with Gasteiger partial charge in [-0.3, -0.25) is 0 Å². The van der Waals surface area contributed by atoms with Gasteiger partial charge < -0.3 is 14.8 Å². The minimum Gasteiger partial charge on any atom is -0.486 e. The average molecular weight is 359 g/mol. The van der Waals surface area contributed by atoms with E-state index in [4.69, 9.17) is 9.47 Å². The molecule has 2 fully saturated rings. The Morgan fingerprint density at radius 2 is 1.85 bits per heavy atom. The molecular weight excluding hydrogens is 336 g/mol. The van der Waals surface area contributed by atoms with Crippen LogP contribution in [0.4, 0.5) is 8.78 Å². The van der Waals surface area contributed by atoms with E-state index < -0.39 is 11.6 Å². The van der Waals surface area contributed by atoms with Gasteiger partial charge in [0.05, 0.1) is 0 Å². The van der Waals surface area contributed by atoms with Crippen molar-refractivity contribution < 1.29 is 18.3 Å². The zero-order valence-electron chi connectivity index (χ0n) is 14.6. The zero-order valence-corrected chi connectivity index (χ0v) is 14.6. The molecule has 2 aromatic carbocycles. The minimum absolute atomic E-state index is 0.0915. The van der Waals surface area contributed by atoms with Crippen LogP contribution in [-0.2, 0) is 11.3 Å². The van der Waals surface area contributed by atoms with Gasteiger partial charge in [-0.05, 0) is 30.9 Å². The topological polar surface area (TPSA) is 30.5 Å². The van der Waals surface area contributed by atoms with Crippen LogP contribution in [0, 0.1) is 11.6 Å². The Labute approximate surface area is 152 Å². The van der Waals surface area contributed by atoms with E-state index in [0.717, 1.165) is 44.1 Å². The molecule has 3 nitrogen and oxygen atoms in total. The molecule has 2 atom stereocenters. The second-order valence-corrected chi connectivity index (χ2v) is 7.08. The Balaban J connectivity index is 1.47. The highest BCUT2D eigenvalue weighted by atomic mass is 19.1. The molecule has 1 aliphatic heterocycles. The fourth-order valence-electron chi connectivity index (χ4n) is 3.63. The number of hydrogen-bond donors (Lipinski definition) is 1. The van der Waals surface area contributed by atoms with Crippen LogP contribution in [0.2, 0.25) is 0 Å². The summed E-state index contributed by atoms with van der Waals surface area (Å²) < 4.78 is 39.3. The van der Waals surface area contributed by atoms with Crippen molar-refractivity contribution in [3.63, 3.8) is 0 Å². The summed E-state index contributed by atoms with van der Waals surface area (Å²) in [4.78, 5) is 0. The van der Waals surface area contributed by atoms with Crippen LogP contribution >= 0.6 is 0 Å². The first-order valence-electron chi connectivity index (χ1n) is 9.20. The molecule has 138 valence electrons.